The maximum atomic E-state index is 5.82. The van der Waals surface area contributed by atoms with Crippen molar-refractivity contribution in [2.45, 2.75) is 0 Å². The fraction of sp³-hybridized carbons (Fsp3) is 0.250. The van der Waals surface area contributed by atoms with Crippen molar-refractivity contribution >= 4 is 32.7 Å². The number of hydrogen-bond donors (Lipinski definition) is 1. The van der Waals surface area contributed by atoms with Gasteiger partial charge in [0, 0.05) is 25.0 Å². The molecule has 0 bridgehead atoms. The molecule has 0 saturated carbocycles. The van der Waals surface area contributed by atoms with Crippen LogP contribution in [-0.2, 0) is 0 Å². The Morgan fingerprint density at radius 2 is 2.14 bits per heavy atom. The SMILES string of the molecule is CN(C)CCNc1ccc2oc(-c3cccnc3Br)nc2c1. The molecule has 6 heteroatoms. The average molecular weight is 361 g/mol. The smallest absolute Gasteiger partial charge is 0.230 e. The molecule has 1 aromatic carbocycles. The number of likely N-dealkylation sites (N-methyl/N-ethyl adjacent to an activating group) is 1. The molecule has 22 heavy (non-hydrogen) atoms. The van der Waals surface area contributed by atoms with Gasteiger partial charge in [0.05, 0.1) is 5.56 Å². The minimum Gasteiger partial charge on any atom is -0.436 e. The highest BCUT2D eigenvalue weighted by Gasteiger charge is 2.12. The predicted molar refractivity (Wildman–Crippen MR) is 92.0 cm³/mol. The standard InChI is InChI=1S/C16H17BrN4O/c1-21(2)9-8-18-11-5-6-14-13(10-11)20-16(22-14)12-4-3-7-19-15(12)17/h3-7,10,18H,8-9H2,1-2H3. The lowest BCUT2D eigenvalue weighted by Crippen LogP contribution is -2.20. The molecule has 0 unspecified atom stereocenters. The number of anilines is 1. The van der Waals surface area contributed by atoms with E-state index >= 15 is 0 Å². The molecule has 0 spiro atoms. The first-order valence-corrected chi connectivity index (χ1v) is 7.83. The quantitative estimate of drug-likeness (QED) is 0.704. The Labute approximate surface area is 137 Å². The normalized spacial score (nSPS) is 11.3. The summed E-state index contributed by atoms with van der Waals surface area (Å²) < 4.78 is 6.54. The molecule has 1 N–H and O–H groups in total. The zero-order chi connectivity index (χ0) is 15.5. The van der Waals surface area contributed by atoms with Crippen molar-refractivity contribution in [3.63, 3.8) is 0 Å². The van der Waals surface area contributed by atoms with Gasteiger partial charge in [0.15, 0.2) is 5.58 Å². The van der Waals surface area contributed by atoms with Crippen molar-refractivity contribution in [1.29, 1.82) is 0 Å². The van der Waals surface area contributed by atoms with Crippen LogP contribution >= 0.6 is 15.9 Å². The van der Waals surface area contributed by atoms with Crippen LogP contribution in [0.3, 0.4) is 0 Å². The molecule has 0 aliphatic heterocycles. The fourth-order valence-electron chi connectivity index (χ4n) is 2.12. The topological polar surface area (TPSA) is 54.2 Å². The summed E-state index contributed by atoms with van der Waals surface area (Å²) in [6.45, 7) is 1.86. The first kappa shape index (κ1) is 15.0. The zero-order valence-corrected chi connectivity index (χ0v) is 14.1. The van der Waals surface area contributed by atoms with Gasteiger partial charge < -0.3 is 14.6 Å². The molecule has 0 amide bonds. The molecule has 5 nitrogen and oxygen atoms in total. The Kier molecular flexibility index (Phi) is 4.40. The third-order valence-corrected chi connectivity index (χ3v) is 3.90. The van der Waals surface area contributed by atoms with Gasteiger partial charge in [-0.2, -0.15) is 0 Å². The van der Waals surface area contributed by atoms with Crippen molar-refractivity contribution in [3.05, 3.63) is 41.1 Å². The van der Waals surface area contributed by atoms with E-state index in [2.05, 4.69) is 50.2 Å². The third kappa shape index (κ3) is 3.28. The lowest BCUT2D eigenvalue weighted by atomic mass is 10.3. The zero-order valence-electron chi connectivity index (χ0n) is 12.5. The number of halogens is 1. The maximum Gasteiger partial charge on any atom is 0.230 e. The second-order valence-electron chi connectivity index (χ2n) is 5.27. The fourth-order valence-corrected chi connectivity index (χ4v) is 2.54. The van der Waals surface area contributed by atoms with Crippen molar-refractivity contribution in [2.75, 3.05) is 32.5 Å². The summed E-state index contributed by atoms with van der Waals surface area (Å²) >= 11 is 3.42. The van der Waals surface area contributed by atoms with Crippen molar-refractivity contribution < 1.29 is 4.42 Å². The summed E-state index contributed by atoms with van der Waals surface area (Å²) in [7, 11) is 4.11. The highest BCUT2D eigenvalue weighted by molar-refractivity contribution is 9.10. The largest absolute Gasteiger partial charge is 0.436 e. The van der Waals surface area contributed by atoms with Gasteiger partial charge in [-0.3, -0.25) is 0 Å². The molecular weight excluding hydrogens is 344 g/mol. The summed E-state index contributed by atoms with van der Waals surface area (Å²) in [5, 5.41) is 3.38. The lowest BCUT2D eigenvalue weighted by molar-refractivity contribution is 0.425. The van der Waals surface area contributed by atoms with Crippen LogP contribution in [0.25, 0.3) is 22.6 Å². The van der Waals surface area contributed by atoms with Gasteiger partial charge in [0.1, 0.15) is 10.1 Å². The monoisotopic (exact) mass is 360 g/mol. The van der Waals surface area contributed by atoms with Crippen LogP contribution in [0.4, 0.5) is 5.69 Å². The van der Waals surface area contributed by atoms with Crippen LogP contribution < -0.4 is 5.32 Å². The predicted octanol–water partition coefficient (Wildman–Crippen LogP) is 3.63. The summed E-state index contributed by atoms with van der Waals surface area (Å²) in [6, 6.07) is 9.74. The van der Waals surface area contributed by atoms with Crippen LogP contribution in [0.5, 0.6) is 0 Å². The molecule has 0 aliphatic carbocycles. The highest BCUT2D eigenvalue weighted by atomic mass is 79.9. The molecule has 0 fully saturated rings. The molecule has 3 aromatic rings. The molecule has 2 heterocycles. The Hall–Kier alpha value is -1.92. The number of nitrogens with one attached hydrogen (secondary N) is 1. The summed E-state index contributed by atoms with van der Waals surface area (Å²) in [4.78, 5) is 10.9. The number of hydrogen-bond acceptors (Lipinski definition) is 5. The first-order chi connectivity index (χ1) is 10.6. The van der Waals surface area contributed by atoms with Gasteiger partial charge in [-0.1, -0.05) is 0 Å². The Morgan fingerprint density at radius 1 is 1.27 bits per heavy atom. The maximum absolute atomic E-state index is 5.82. The van der Waals surface area contributed by atoms with E-state index < -0.39 is 0 Å². The molecule has 3 rings (SSSR count). The van der Waals surface area contributed by atoms with Crippen molar-refractivity contribution in [1.82, 2.24) is 14.9 Å². The van der Waals surface area contributed by atoms with E-state index in [1.165, 1.54) is 0 Å². The summed E-state index contributed by atoms with van der Waals surface area (Å²) in [5.41, 5.74) is 3.49. The van der Waals surface area contributed by atoms with Crippen molar-refractivity contribution in [3.8, 4) is 11.5 Å². The summed E-state index contributed by atoms with van der Waals surface area (Å²) in [5.74, 6) is 0.570. The third-order valence-electron chi connectivity index (χ3n) is 3.27. The van der Waals surface area contributed by atoms with Gasteiger partial charge in [0.25, 0.3) is 0 Å². The average Bonchev–Trinajstić information content (AvgIpc) is 2.90. The second kappa shape index (κ2) is 6.46. The lowest BCUT2D eigenvalue weighted by Gasteiger charge is -2.10. The number of benzene rings is 1. The molecule has 0 saturated heterocycles. The first-order valence-electron chi connectivity index (χ1n) is 7.03. The van der Waals surface area contributed by atoms with E-state index in [1.807, 2.05) is 30.3 Å². The van der Waals surface area contributed by atoms with Gasteiger partial charge in [-0.15, -0.1) is 0 Å². The van der Waals surface area contributed by atoms with E-state index in [0.29, 0.717) is 5.89 Å². The number of aromatic nitrogens is 2. The van der Waals surface area contributed by atoms with E-state index in [0.717, 1.165) is 40.0 Å². The van der Waals surface area contributed by atoms with Crippen LogP contribution in [0.2, 0.25) is 0 Å². The van der Waals surface area contributed by atoms with Crippen LogP contribution in [0.15, 0.2) is 45.5 Å². The Bertz CT molecular complexity index is 785. The molecule has 114 valence electrons. The molecule has 0 atom stereocenters. The summed E-state index contributed by atoms with van der Waals surface area (Å²) in [6.07, 6.45) is 1.73. The van der Waals surface area contributed by atoms with Crippen LogP contribution in [0.1, 0.15) is 0 Å². The van der Waals surface area contributed by atoms with E-state index in [9.17, 15) is 0 Å². The van der Waals surface area contributed by atoms with Crippen LogP contribution in [0, 0.1) is 0 Å². The second-order valence-corrected chi connectivity index (χ2v) is 6.02. The van der Waals surface area contributed by atoms with Crippen LogP contribution in [-0.4, -0.2) is 42.1 Å². The number of fused-ring (bicyclic) bond motifs is 1. The van der Waals surface area contributed by atoms with E-state index in [1.54, 1.807) is 6.20 Å². The number of nitrogens with zero attached hydrogens (tertiary/aromatic N) is 3. The molecule has 0 aliphatic rings. The number of pyridine rings is 1. The Morgan fingerprint density at radius 3 is 2.91 bits per heavy atom. The molecule has 0 radical (unpaired) electrons. The molecular formula is C16H17BrN4O. The number of oxazole rings is 1. The van der Waals surface area contributed by atoms with Gasteiger partial charge >= 0.3 is 0 Å². The van der Waals surface area contributed by atoms with E-state index in [-0.39, 0.29) is 0 Å². The highest BCUT2D eigenvalue weighted by Crippen LogP contribution is 2.29. The Balaban J connectivity index is 1.86. The number of rotatable bonds is 5. The minimum atomic E-state index is 0.570. The van der Waals surface area contributed by atoms with Gasteiger partial charge in [-0.05, 0) is 60.4 Å². The van der Waals surface area contributed by atoms with Crippen molar-refractivity contribution in [2.24, 2.45) is 0 Å². The van der Waals surface area contributed by atoms with E-state index in [4.69, 9.17) is 4.42 Å². The van der Waals surface area contributed by atoms with Gasteiger partial charge in [0.2, 0.25) is 5.89 Å². The molecule has 2 aromatic heterocycles. The minimum absolute atomic E-state index is 0.570. The van der Waals surface area contributed by atoms with Gasteiger partial charge in [-0.25, -0.2) is 9.97 Å².